The third kappa shape index (κ3) is 8.07. The highest BCUT2D eigenvalue weighted by molar-refractivity contribution is 7.30. The molecule has 0 saturated carbocycles. The molecule has 2 atom stereocenters. The fourth-order valence-electron chi connectivity index (χ4n) is 1.05. The van der Waals surface area contributed by atoms with Crippen molar-refractivity contribution >= 4 is 14.2 Å². The molecule has 0 aromatic carbocycles. The molecule has 0 bridgehead atoms. The molecule has 2 unspecified atom stereocenters. The Morgan fingerprint density at radius 2 is 2.00 bits per heavy atom. The first-order valence-corrected chi connectivity index (χ1v) is 5.12. The number of hydrogen-bond donors (Lipinski definition) is 0. The molecular weight excluding hydrogens is 209 g/mol. The molecule has 6 nitrogen and oxygen atoms in total. The van der Waals surface area contributed by atoms with Crippen LogP contribution in [0.25, 0.3) is 0 Å². The minimum Gasteiger partial charge on any atom is -0.566 e. The third-order valence-electron chi connectivity index (χ3n) is 1.38. The van der Waals surface area contributed by atoms with Crippen molar-refractivity contribution in [3.8, 4) is 0 Å². The van der Waals surface area contributed by atoms with E-state index in [0.717, 1.165) is 0 Å². The molecule has 0 amide bonds. The van der Waals surface area contributed by atoms with E-state index in [1.165, 1.54) is 0 Å². The van der Waals surface area contributed by atoms with Gasteiger partial charge in [0.2, 0.25) is 0 Å². The summed E-state index contributed by atoms with van der Waals surface area (Å²) in [6, 6.07) is 0. The lowest BCUT2D eigenvalue weighted by molar-refractivity contribution is -0.873. The second-order valence-electron chi connectivity index (χ2n) is 4.00. The molecule has 14 heavy (non-hydrogen) atoms. The summed E-state index contributed by atoms with van der Waals surface area (Å²) in [6.07, 6.45) is -1.28. The van der Waals surface area contributed by atoms with E-state index in [9.17, 15) is 19.4 Å². The van der Waals surface area contributed by atoms with Crippen molar-refractivity contribution in [2.75, 3.05) is 27.7 Å². The van der Waals surface area contributed by atoms with Crippen LogP contribution in [0.2, 0.25) is 0 Å². The van der Waals surface area contributed by atoms with Crippen molar-refractivity contribution in [1.82, 2.24) is 0 Å². The number of carbonyl (C=O) groups excluding carboxylic acids is 1. The van der Waals surface area contributed by atoms with Crippen LogP contribution in [-0.2, 0) is 13.9 Å². The second-order valence-corrected chi connectivity index (χ2v) is 4.66. The zero-order valence-electron chi connectivity index (χ0n) is 8.43. The predicted octanol–water partition coefficient (Wildman–Crippen LogP) is -1.76. The Morgan fingerprint density at radius 3 is 2.29 bits per heavy atom. The minimum atomic E-state index is -3.02. The van der Waals surface area contributed by atoms with Crippen LogP contribution in [0.5, 0.6) is 0 Å². The summed E-state index contributed by atoms with van der Waals surface area (Å²) in [5, 5.41) is 10.3. The van der Waals surface area contributed by atoms with E-state index in [4.69, 9.17) is 0 Å². The Balaban J connectivity index is 4.24. The molecule has 0 aliphatic heterocycles. The molecule has 7 heteroatoms. The van der Waals surface area contributed by atoms with E-state index in [2.05, 4.69) is 4.52 Å². The van der Waals surface area contributed by atoms with Gasteiger partial charge in [-0.25, -0.2) is 0 Å². The van der Waals surface area contributed by atoms with Gasteiger partial charge in [0.25, 0.3) is 0 Å². The zero-order chi connectivity index (χ0) is 11.4. The van der Waals surface area contributed by atoms with E-state index < -0.39 is 26.7 Å². The lowest BCUT2D eigenvalue weighted by Crippen LogP contribution is -2.44. The van der Waals surface area contributed by atoms with Crippen LogP contribution in [0.1, 0.15) is 6.42 Å². The molecule has 0 aliphatic carbocycles. The van der Waals surface area contributed by atoms with Gasteiger partial charge >= 0.3 is 8.25 Å². The van der Waals surface area contributed by atoms with E-state index in [0.29, 0.717) is 4.48 Å². The Bertz CT molecular complexity index is 209. The molecule has 0 saturated heterocycles. The number of hydrogen-bond acceptors (Lipinski definition) is 5. The van der Waals surface area contributed by atoms with Crippen molar-refractivity contribution in [1.29, 1.82) is 0 Å². The Labute approximate surface area is 83.6 Å². The molecule has 0 fully saturated rings. The first-order chi connectivity index (χ1) is 6.20. The maximum Gasteiger partial charge on any atom is 0.488 e. The maximum atomic E-state index is 10.3. The Morgan fingerprint density at radius 1 is 1.50 bits per heavy atom. The summed E-state index contributed by atoms with van der Waals surface area (Å²) in [5.74, 6) is -1.32. The number of carbonyl (C=O) groups is 1. The number of likely N-dealkylation sites (N-methyl/N-ethyl adjacent to an activating group) is 1. The van der Waals surface area contributed by atoms with E-state index in [1.807, 2.05) is 21.1 Å². The molecule has 82 valence electrons. The molecule has 0 spiro atoms. The Hall–Kier alpha value is -0.550. The van der Waals surface area contributed by atoms with Gasteiger partial charge in [-0.2, -0.15) is 0 Å². The van der Waals surface area contributed by atoms with E-state index in [1.54, 1.807) is 0 Å². The van der Waals surface area contributed by atoms with Gasteiger partial charge in [0.1, 0.15) is 6.54 Å². The number of nitrogens with zero attached hydrogens (tertiary/aromatic N) is 1. The van der Waals surface area contributed by atoms with Crippen LogP contribution in [-0.4, -0.2) is 44.2 Å². The number of rotatable bonds is 6. The van der Waals surface area contributed by atoms with Gasteiger partial charge in [0, 0.05) is 12.4 Å². The number of aliphatic carboxylic acids is 1. The van der Waals surface area contributed by atoms with Gasteiger partial charge in [-0.1, -0.05) is 0 Å². The quantitative estimate of drug-likeness (QED) is 0.393. The van der Waals surface area contributed by atoms with Gasteiger partial charge in [-0.3, -0.25) is 0 Å². The summed E-state index contributed by atoms with van der Waals surface area (Å²) in [7, 11) is 2.40. The van der Waals surface area contributed by atoms with Crippen LogP contribution in [0, 0.1) is 0 Å². The number of carboxylic acids is 1. The highest BCUT2D eigenvalue weighted by Crippen LogP contribution is 2.17. The summed E-state index contributed by atoms with van der Waals surface area (Å²) in [4.78, 5) is 20.6. The van der Waals surface area contributed by atoms with Crippen LogP contribution < -0.4 is 10.00 Å². The third-order valence-corrected chi connectivity index (χ3v) is 1.85. The Kier molecular flexibility index (Phi) is 5.15. The van der Waals surface area contributed by atoms with Crippen molar-refractivity contribution in [2.45, 2.75) is 12.5 Å². The molecular formula is C7H14NO5P. The largest absolute Gasteiger partial charge is 0.566 e. The molecule has 0 aliphatic rings. The summed E-state index contributed by atoms with van der Waals surface area (Å²) >= 11 is 0. The predicted molar refractivity (Wildman–Crippen MR) is 45.0 cm³/mol. The summed E-state index contributed by atoms with van der Waals surface area (Å²) in [6.45, 7) is 0.289. The van der Waals surface area contributed by atoms with Crippen LogP contribution in [0.4, 0.5) is 0 Å². The van der Waals surface area contributed by atoms with E-state index >= 15 is 0 Å². The first kappa shape index (κ1) is 13.4. The average Bonchev–Trinajstić information content (AvgIpc) is 1.77. The molecule has 0 radical (unpaired) electrons. The maximum absolute atomic E-state index is 10.3. The van der Waals surface area contributed by atoms with Crippen LogP contribution in [0.15, 0.2) is 0 Å². The topological polar surface area (TPSA) is 89.5 Å². The van der Waals surface area contributed by atoms with Crippen molar-refractivity contribution in [2.24, 2.45) is 0 Å². The van der Waals surface area contributed by atoms with Crippen molar-refractivity contribution < 1.29 is 28.4 Å². The van der Waals surface area contributed by atoms with Crippen molar-refractivity contribution in [3.63, 3.8) is 0 Å². The number of carboxylic acid groups (broad SMARTS) is 1. The highest BCUT2D eigenvalue weighted by Gasteiger charge is 2.24. The molecule has 0 aromatic rings. The van der Waals surface area contributed by atoms with Gasteiger partial charge in [-0.15, -0.1) is 4.52 Å². The molecule has 0 rings (SSSR count). The second kappa shape index (κ2) is 5.36. The fraction of sp³-hybridized carbons (Fsp3) is 0.857. The minimum absolute atomic E-state index is 0.289. The smallest absolute Gasteiger partial charge is 0.488 e. The number of quaternary nitrogens is 1. The van der Waals surface area contributed by atoms with Crippen LogP contribution >= 0.6 is 8.25 Å². The normalized spacial score (nSPS) is 15.0. The molecule has 0 aromatic heterocycles. The van der Waals surface area contributed by atoms with Crippen LogP contribution in [0.3, 0.4) is 0 Å². The molecule has 0 heterocycles. The highest BCUT2D eigenvalue weighted by atomic mass is 31.1. The van der Waals surface area contributed by atoms with Gasteiger partial charge < -0.3 is 19.3 Å². The van der Waals surface area contributed by atoms with E-state index in [-0.39, 0.29) is 6.54 Å². The standard InChI is InChI=1S/C7H14NO5P/c1-8(2,3)5-6(4-7(9)10)13-14(11)12/h6H,4-5H2,1-3H3. The molecule has 0 N–H and O–H groups in total. The van der Waals surface area contributed by atoms with Gasteiger partial charge in [0.05, 0.1) is 21.1 Å². The lowest BCUT2D eigenvalue weighted by atomic mass is 10.2. The first-order valence-electron chi connectivity index (χ1n) is 4.02. The summed E-state index contributed by atoms with van der Waals surface area (Å²) < 4.78 is 15.1. The SMILES string of the molecule is C[N+](C)(C)CC(CC(=O)[O-])O[P+](=O)[O-]. The average molecular weight is 223 g/mol. The monoisotopic (exact) mass is 223 g/mol. The van der Waals surface area contributed by atoms with Gasteiger partial charge in [0.15, 0.2) is 6.10 Å². The zero-order valence-corrected chi connectivity index (χ0v) is 9.32. The van der Waals surface area contributed by atoms with Gasteiger partial charge in [-0.05, 0) is 4.57 Å². The fourth-order valence-corrected chi connectivity index (χ4v) is 1.44. The summed E-state index contributed by atoms with van der Waals surface area (Å²) in [5.41, 5.74) is 0. The lowest BCUT2D eigenvalue weighted by Gasteiger charge is -2.26. The van der Waals surface area contributed by atoms with Crippen molar-refractivity contribution in [3.05, 3.63) is 0 Å².